The highest BCUT2D eigenvalue weighted by molar-refractivity contribution is 5.97. The normalized spacial score (nSPS) is 23.0. The zero-order valence-electron chi connectivity index (χ0n) is 17.3. The van der Waals surface area contributed by atoms with Crippen molar-refractivity contribution in [2.24, 2.45) is 11.8 Å². The van der Waals surface area contributed by atoms with Crippen molar-refractivity contribution < 1.29 is 4.79 Å². The average molecular weight is 376 g/mol. The van der Waals surface area contributed by atoms with Gasteiger partial charge in [-0.25, -0.2) is 0 Å². The summed E-state index contributed by atoms with van der Waals surface area (Å²) in [5, 5.41) is 0. The molecule has 147 valence electrons. The monoisotopic (exact) mass is 375 g/mol. The fourth-order valence-corrected chi connectivity index (χ4v) is 4.91. The molecule has 2 saturated heterocycles. The number of amides is 1. The lowest BCUT2D eigenvalue weighted by molar-refractivity contribution is 0.0769. The molecule has 28 heavy (non-hydrogen) atoms. The number of hydrogen-bond donors (Lipinski definition) is 0. The first-order valence-corrected chi connectivity index (χ1v) is 10.5. The molecule has 0 aromatic heterocycles. The summed E-state index contributed by atoms with van der Waals surface area (Å²) in [6.07, 6.45) is 3.42. The Balaban J connectivity index is 1.32. The molecule has 0 aliphatic carbocycles. The van der Waals surface area contributed by atoms with Gasteiger partial charge in [-0.2, -0.15) is 0 Å². The van der Waals surface area contributed by atoms with E-state index in [1.165, 1.54) is 5.56 Å². The molecule has 1 radical (unpaired) electrons. The maximum absolute atomic E-state index is 13.1. The molecule has 3 nitrogen and oxygen atoms in total. The van der Waals surface area contributed by atoms with Crippen molar-refractivity contribution >= 4 is 5.91 Å². The Morgan fingerprint density at radius 3 is 2.18 bits per heavy atom. The van der Waals surface area contributed by atoms with Crippen molar-refractivity contribution in [3.63, 3.8) is 0 Å². The number of rotatable bonds is 5. The van der Waals surface area contributed by atoms with Crippen molar-refractivity contribution in [2.45, 2.75) is 33.2 Å². The minimum absolute atomic E-state index is 0.224. The van der Waals surface area contributed by atoms with E-state index in [9.17, 15) is 4.79 Å². The zero-order valence-corrected chi connectivity index (χ0v) is 17.3. The van der Waals surface area contributed by atoms with Crippen LogP contribution in [0, 0.1) is 32.1 Å². The van der Waals surface area contributed by atoms with E-state index in [1.807, 2.05) is 32.0 Å². The van der Waals surface area contributed by atoms with Crippen LogP contribution in [0.25, 0.3) is 0 Å². The third kappa shape index (κ3) is 3.86. The van der Waals surface area contributed by atoms with Crippen LogP contribution in [0.1, 0.15) is 40.4 Å². The molecule has 2 heterocycles. The average Bonchev–Trinajstić information content (AvgIpc) is 3.26. The predicted molar refractivity (Wildman–Crippen MR) is 114 cm³/mol. The summed E-state index contributed by atoms with van der Waals surface area (Å²) in [5.74, 6) is 1.46. The Bertz CT molecular complexity index is 797. The first-order valence-electron chi connectivity index (χ1n) is 10.5. The first kappa shape index (κ1) is 19.2. The van der Waals surface area contributed by atoms with Gasteiger partial charge in [-0.1, -0.05) is 48.5 Å². The molecular formula is C25H31N2O. The van der Waals surface area contributed by atoms with Crippen LogP contribution in [0.5, 0.6) is 0 Å². The van der Waals surface area contributed by atoms with E-state index in [-0.39, 0.29) is 5.91 Å². The van der Waals surface area contributed by atoms with E-state index in [1.54, 1.807) is 0 Å². The zero-order chi connectivity index (χ0) is 19.7. The highest BCUT2D eigenvalue weighted by Crippen LogP contribution is 2.34. The second-order valence-corrected chi connectivity index (χ2v) is 8.65. The maximum Gasteiger partial charge on any atom is 0.254 e. The Morgan fingerprint density at radius 2 is 1.57 bits per heavy atom. The first-order chi connectivity index (χ1) is 13.5. The summed E-state index contributed by atoms with van der Waals surface area (Å²) in [4.78, 5) is 17.8. The molecule has 0 bridgehead atoms. The van der Waals surface area contributed by atoms with Crippen molar-refractivity contribution in [3.8, 4) is 0 Å². The topological polar surface area (TPSA) is 23.6 Å². The van der Waals surface area contributed by atoms with Crippen LogP contribution in [-0.2, 0) is 0 Å². The van der Waals surface area contributed by atoms with Crippen molar-refractivity contribution in [1.29, 1.82) is 0 Å². The van der Waals surface area contributed by atoms with Crippen molar-refractivity contribution in [2.75, 3.05) is 26.2 Å². The van der Waals surface area contributed by atoms with Gasteiger partial charge in [0.25, 0.3) is 5.91 Å². The molecule has 3 heteroatoms. The summed E-state index contributed by atoms with van der Waals surface area (Å²) >= 11 is 0. The molecular weight excluding hydrogens is 344 g/mol. The molecule has 2 aliphatic heterocycles. The highest BCUT2D eigenvalue weighted by Gasteiger charge is 2.42. The standard InChI is InChI=1S/C25H31N2O/c1-18-8-7-9-19(2)24(18)25(28)27-16-22-14-26(15-23(22)17-27)20(3)12-13-21-10-5-4-6-11-21/h4-11,13,20,22-23H,12,14-17H2,1-3H3/t20-,22?,23?/m0/s1. The number of hydrogen-bond acceptors (Lipinski definition) is 2. The van der Waals surface area contributed by atoms with E-state index in [0.29, 0.717) is 17.9 Å². The van der Waals surface area contributed by atoms with Gasteiger partial charge >= 0.3 is 0 Å². The number of nitrogens with zero attached hydrogens (tertiary/aromatic N) is 2. The van der Waals surface area contributed by atoms with Gasteiger partial charge in [0.15, 0.2) is 0 Å². The number of likely N-dealkylation sites (tertiary alicyclic amines) is 2. The Kier molecular flexibility index (Phi) is 5.54. The third-order valence-electron chi connectivity index (χ3n) is 6.61. The predicted octanol–water partition coefficient (Wildman–Crippen LogP) is 4.34. The van der Waals surface area contributed by atoms with E-state index in [0.717, 1.165) is 49.3 Å². The van der Waals surface area contributed by atoms with Gasteiger partial charge in [-0.15, -0.1) is 0 Å². The van der Waals surface area contributed by atoms with Crippen LogP contribution in [0.15, 0.2) is 48.5 Å². The van der Waals surface area contributed by atoms with Gasteiger partial charge in [0.05, 0.1) is 0 Å². The van der Waals surface area contributed by atoms with Crippen LogP contribution >= 0.6 is 0 Å². The fraction of sp³-hybridized carbons (Fsp3) is 0.440. The number of benzene rings is 2. The lowest BCUT2D eigenvalue weighted by Crippen LogP contribution is -2.37. The van der Waals surface area contributed by atoms with Crippen LogP contribution in [-0.4, -0.2) is 47.9 Å². The number of carbonyl (C=O) groups excluding carboxylic acids is 1. The quantitative estimate of drug-likeness (QED) is 0.776. The van der Waals surface area contributed by atoms with E-state index < -0.39 is 0 Å². The maximum atomic E-state index is 13.1. The largest absolute Gasteiger partial charge is 0.338 e. The van der Waals surface area contributed by atoms with Gasteiger partial charge in [0, 0.05) is 37.8 Å². The number of fused-ring (bicyclic) bond motifs is 1. The van der Waals surface area contributed by atoms with Crippen LogP contribution < -0.4 is 0 Å². The summed E-state index contributed by atoms with van der Waals surface area (Å²) in [6.45, 7) is 10.5. The van der Waals surface area contributed by atoms with E-state index in [4.69, 9.17) is 0 Å². The Hall–Kier alpha value is -2.13. The van der Waals surface area contributed by atoms with Gasteiger partial charge < -0.3 is 4.90 Å². The molecule has 2 unspecified atom stereocenters. The number of aryl methyl sites for hydroxylation is 2. The third-order valence-corrected chi connectivity index (χ3v) is 6.61. The molecule has 1 amide bonds. The molecule has 2 aliphatic rings. The Morgan fingerprint density at radius 1 is 0.964 bits per heavy atom. The van der Waals surface area contributed by atoms with Gasteiger partial charge in [0.1, 0.15) is 0 Å². The smallest absolute Gasteiger partial charge is 0.254 e. The minimum atomic E-state index is 0.224. The molecule has 0 saturated carbocycles. The highest BCUT2D eigenvalue weighted by atomic mass is 16.2. The van der Waals surface area contributed by atoms with Crippen LogP contribution in [0.3, 0.4) is 0 Å². The Labute approximate surface area is 169 Å². The molecule has 4 rings (SSSR count). The molecule has 2 fully saturated rings. The molecule has 0 spiro atoms. The van der Waals surface area contributed by atoms with Crippen LogP contribution in [0.2, 0.25) is 0 Å². The fourth-order valence-electron chi connectivity index (χ4n) is 4.91. The number of carbonyl (C=O) groups is 1. The second-order valence-electron chi connectivity index (χ2n) is 8.65. The molecule has 2 aromatic rings. The van der Waals surface area contributed by atoms with Gasteiger partial charge in [-0.05, 0) is 62.1 Å². The van der Waals surface area contributed by atoms with E-state index in [2.05, 4.69) is 53.5 Å². The molecule has 3 atom stereocenters. The second kappa shape index (κ2) is 8.08. The lowest BCUT2D eigenvalue weighted by Gasteiger charge is -2.27. The lowest BCUT2D eigenvalue weighted by atomic mass is 10.0. The van der Waals surface area contributed by atoms with Gasteiger partial charge in [0.2, 0.25) is 0 Å². The molecule has 0 N–H and O–H groups in total. The minimum Gasteiger partial charge on any atom is -0.338 e. The summed E-state index contributed by atoms with van der Waals surface area (Å²) in [5.41, 5.74) is 4.40. The summed E-state index contributed by atoms with van der Waals surface area (Å²) < 4.78 is 0. The van der Waals surface area contributed by atoms with E-state index >= 15 is 0 Å². The molecule has 2 aromatic carbocycles. The van der Waals surface area contributed by atoms with Crippen LogP contribution in [0.4, 0.5) is 0 Å². The summed E-state index contributed by atoms with van der Waals surface area (Å²) in [7, 11) is 0. The SMILES string of the molecule is Cc1cccc(C)c1C(=O)N1CC2CN([C@@H](C)C[CH]c3ccccc3)CC2C1. The van der Waals surface area contributed by atoms with Gasteiger partial charge in [-0.3, -0.25) is 9.69 Å². The summed E-state index contributed by atoms with van der Waals surface area (Å²) in [6, 6.07) is 17.3. The van der Waals surface area contributed by atoms with Crippen molar-refractivity contribution in [1.82, 2.24) is 9.80 Å². The van der Waals surface area contributed by atoms with Crippen molar-refractivity contribution in [3.05, 3.63) is 77.2 Å².